The summed E-state index contributed by atoms with van der Waals surface area (Å²) in [5.74, 6) is -0.340. The van der Waals surface area contributed by atoms with Gasteiger partial charge < -0.3 is 5.32 Å². The third-order valence-corrected chi connectivity index (χ3v) is 5.70. The number of aromatic nitrogens is 1. The molecule has 0 aliphatic rings. The minimum atomic E-state index is -0.243. The van der Waals surface area contributed by atoms with Crippen LogP contribution in [-0.4, -0.2) is 16.8 Å². The van der Waals surface area contributed by atoms with Gasteiger partial charge in [-0.05, 0) is 29.3 Å². The van der Waals surface area contributed by atoms with Crippen LogP contribution in [0.15, 0.2) is 48.7 Å². The largest absolute Gasteiger partial charge is 0.352 e. The van der Waals surface area contributed by atoms with Crippen molar-refractivity contribution >= 4 is 51.5 Å². The lowest BCUT2D eigenvalue weighted by Gasteiger charge is -2.05. The van der Waals surface area contributed by atoms with Gasteiger partial charge in [-0.1, -0.05) is 47.5 Å². The first-order chi connectivity index (χ1) is 13.4. The van der Waals surface area contributed by atoms with E-state index in [1.54, 1.807) is 36.5 Å². The van der Waals surface area contributed by atoms with Crippen molar-refractivity contribution in [3.63, 3.8) is 0 Å². The molecule has 1 aromatic heterocycles. The van der Waals surface area contributed by atoms with Gasteiger partial charge in [0, 0.05) is 36.5 Å². The van der Waals surface area contributed by atoms with Gasteiger partial charge in [0.15, 0.2) is 5.13 Å². The third-order valence-electron chi connectivity index (χ3n) is 3.93. The molecule has 2 aromatic carbocycles. The number of rotatable bonds is 6. The maximum atomic E-state index is 12.4. The fourth-order valence-corrected chi connectivity index (χ4v) is 3.71. The highest BCUT2D eigenvalue weighted by atomic mass is 35.5. The van der Waals surface area contributed by atoms with Crippen molar-refractivity contribution in [3.8, 4) is 0 Å². The molecule has 3 rings (SSSR count). The number of carbonyl (C=O) groups is 2. The van der Waals surface area contributed by atoms with Gasteiger partial charge in [-0.3, -0.25) is 14.9 Å². The lowest BCUT2D eigenvalue weighted by Crippen LogP contribution is -2.19. The Balaban J connectivity index is 1.62. The minimum Gasteiger partial charge on any atom is -0.352 e. The van der Waals surface area contributed by atoms with Gasteiger partial charge in [0.25, 0.3) is 5.91 Å². The highest BCUT2D eigenvalue weighted by Crippen LogP contribution is 2.29. The summed E-state index contributed by atoms with van der Waals surface area (Å²) in [5.41, 5.74) is 2.34. The number of amides is 2. The van der Waals surface area contributed by atoms with Crippen molar-refractivity contribution in [1.29, 1.82) is 0 Å². The number of thiazole rings is 1. The molecule has 0 atom stereocenters. The predicted molar refractivity (Wildman–Crippen MR) is 113 cm³/mol. The standard InChI is InChI=1S/C20H17Cl2N3O2S/c1-12(26)23-10-13-5-7-14(8-6-13)19(27)25-20-24-11-16(28-20)9-15-3-2-4-17(21)18(15)22/h2-8,11H,9-10H2,1H3,(H,23,26)(H,24,25,27). The van der Waals surface area contributed by atoms with Crippen LogP contribution in [0.25, 0.3) is 0 Å². The van der Waals surface area contributed by atoms with E-state index in [4.69, 9.17) is 23.2 Å². The van der Waals surface area contributed by atoms with Crippen LogP contribution in [0.3, 0.4) is 0 Å². The fourth-order valence-electron chi connectivity index (χ4n) is 2.49. The highest BCUT2D eigenvalue weighted by Gasteiger charge is 2.11. The van der Waals surface area contributed by atoms with Crippen LogP contribution in [0.1, 0.15) is 33.3 Å². The number of nitrogens with zero attached hydrogens (tertiary/aromatic N) is 1. The first-order valence-electron chi connectivity index (χ1n) is 8.44. The summed E-state index contributed by atoms with van der Waals surface area (Å²) in [4.78, 5) is 28.6. The van der Waals surface area contributed by atoms with Crippen LogP contribution >= 0.6 is 34.5 Å². The van der Waals surface area contributed by atoms with E-state index in [0.717, 1.165) is 16.0 Å². The Labute approximate surface area is 176 Å². The summed E-state index contributed by atoms with van der Waals surface area (Å²) in [6.45, 7) is 1.89. The van der Waals surface area contributed by atoms with Crippen LogP contribution in [0, 0.1) is 0 Å². The Hall–Kier alpha value is -2.41. The summed E-state index contributed by atoms with van der Waals surface area (Å²) in [6, 6.07) is 12.5. The van der Waals surface area contributed by atoms with Gasteiger partial charge in [-0.25, -0.2) is 4.98 Å². The van der Waals surface area contributed by atoms with Crippen LogP contribution < -0.4 is 10.6 Å². The van der Waals surface area contributed by atoms with Crippen molar-refractivity contribution < 1.29 is 9.59 Å². The molecule has 144 valence electrons. The summed E-state index contributed by atoms with van der Waals surface area (Å²) in [5, 5.41) is 7.07. The van der Waals surface area contributed by atoms with Gasteiger partial charge in [-0.15, -0.1) is 11.3 Å². The number of halogens is 2. The maximum absolute atomic E-state index is 12.4. The smallest absolute Gasteiger partial charge is 0.257 e. The average molecular weight is 434 g/mol. The van der Waals surface area contributed by atoms with Gasteiger partial charge in [0.2, 0.25) is 5.91 Å². The Morgan fingerprint density at radius 2 is 1.86 bits per heavy atom. The molecule has 0 saturated carbocycles. The van der Waals surface area contributed by atoms with E-state index in [1.165, 1.54) is 18.3 Å². The molecule has 0 bridgehead atoms. The molecule has 2 N–H and O–H groups in total. The Bertz CT molecular complexity index is 1000. The molecule has 8 heteroatoms. The fraction of sp³-hybridized carbons (Fsp3) is 0.150. The third kappa shape index (κ3) is 5.32. The summed E-state index contributed by atoms with van der Waals surface area (Å²) >= 11 is 13.7. The second-order valence-electron chi connectivity index (χ2n) is 6.08. The first-order valence-corrected chi connectivity index (χ1v) is 10.0. The summed E-state index contributed by atoms with van der Waals surface area (Å²) in [7, 11) is 0. The zero-order valence-electron chi connectivity index (χ0n) is 15.0. The Morgan fingerprint density at radius 1 is 1.11 bits per heavy atom. The Morgan fingerprint density at radius 3 is 2.57 bits per heavy atom. The highest BCUT2D eigenvalue weighted by molar-refractivity contribution is 7.15. The number of benzene rings is 2. The molecule has 0 saturated heterocycles. The lowest BCUT2D eigenvalue weighted by atomic mass is 10.1. The molecular formula is C20H17Cl2N3O2S. The van der Waals surface area contributed by atoms with E-state index < -0.39 is 0 Å². The van der Waals surface area contributed by atoms with E-state index >= 15 is 0 Å². The normalized spacial score (nSPS) is 10.5. The zero-order chi connectivity index (χ0) is 20.1. The average Bonchev–Trinajstić information content (AvgIpc) is 3.11. The van der Waals surface area contributed by atoms with E-state index in [1.807, 2.05) is 12.1 Å². The molecule has 3 aromatic rings. The topological polar surface area (TPSA) is 71.1 Å². The lowest BCUT2D eigenvalue weighted by molar-refractivity contribution is -0.119. The van der Waals surface area contributed by atoms with Crippen molar-refractivity contribution in [3.05, 3.63) is 80.3 Å². The minimum absolute atomic E-state index is 0.0968. The SMILES string of the molecule is CC(=O)NCc1ccc(C(=O)Nc2ncc(Cc3cccc(Cl)c3Cl)s2)cc1. The molecule has 0 unspecified atom stereocenters. The monoisotopic (exact) mass is 433 g/mol. The molecule has 28 heavy (non-hydrogen) atoms. The number of carbonyl (C=O) groups excluding carboxylic acids is 2. The van der Waals surface area contributed by atoms with Gasteiger partial charge in [-0.2, -0.15) is 0 Å². The van der Waals surface area contributed by atoms with Crippen LogP contribution in [0.5, 0.6) is 0 Å². The molecule has 0 fully saturated rings. The number of nitrogens with one attached hydrogen (secondary N) is 2. The molecular weight excluding hydrogens is 417 g/mol. The number of anilines is 1. The summed E-state index contributed by atoms with van der Waals surface area (Å²) < 4.78 is 0. The molecule has 2 amide bonds. The number of hydrogen-bond acceptors (Lipinski definition) is 4. The molecule has 0 aliphatic carbocycles. The Kier molecular flexibility index (Phi) is 6.67. The zero-order valence-corrected chi connectivity index (χ0v) is 17.3. The maximum Gasteiger partial charge on any atom is 0.257 e. The molecule has 0 spiro atoms. The van der Waals surface area contributed by atoms with Crippen molar-refractivity contribution in [2.24, 2.45) is 0 Å². The van der Waals surface area contributed by atoms with Gasteiger partial charge in [0.05, 0.1) is 10.0 Å². The van der Waals surface area contributed by atoms with E-state index in [0.29, 0.717) is 33.7 Å². The molecule has 0 radical (unpaired) electrons. The van der Waals surface area contributed by atoms with E-state index in [9.17, 15) is 9.59 Å². The van der Waals surface area contributed by atoms with Crippen molar-refractivity contribution in [2.45, 2.75) is 19.9 Å². The van der Waals surface area contributed by atoms with E-state index in [-0.39, 0.29) is 11.8 Å². The molecule has 5 nitrogen and oxygen atoms in total. The van der Waals surface area contributed by atoms with Gasteiger partial charge >= 0.3 is 0 Å². The number of hydrogen-bond donors (Lipinski definition) is 2. The first kappa shape index (κ1) is 20.3. The van der Waals surface area contributed by atoms with Crippen molar-refractivity contribution in [1.82, 2.24) is 10.3 Å². The van der Waals surface area contributed by atoms with Gasteiger partial charge in [0.1, 0.15) is 0 Å². The second kappa shape index (κ2) is 9.19. The van der Waals surface area contributed by atoms with Crippen LogP contribution in [0.2, 0.25) is 10.0 Å². The summed E-state index contributed by atoms with van der Waals surface area (Å²) in [6.07, 6.45) is 2.30. The second-order valence-corrected chi connectivity index (χ2v) is 7.98. The molecule has 0 aliphatic heterocycles. The van der Waals surface area contributed by atoms with Crippen LogP contribution in [-0.2, 0) is 17.8 Å². The van der Waals surface area contributed by atoms with E-state index in [2.05, 4.69) is 15.6 Å². The van der Waals surface area contributed by atoms with Crippen molar-refractivity contribution in [2.75, 3.05) is 5.32 Å². The van der Waals surface area contributed by atoms with Crippen LogP contribution in [0.4, 0.5) is 5.13 Å². The quantitative estimate of drug-likeness (QED) is 0.578. The molecule has 1 heterocycles. The predicted octanol–water partition coefficient (Wildman–Crippen LogP) is 4.93.